The minimum Gasteiger partial charge on any atom is -0.490 e. The molecule has 0 radical (unpaired) electrons. The number of rotatable bonds is 6. The summed E-state index contributed by atoms with van der Waals surface area (Å²) >= 11 is 0. The number of fused-ring (bicyclic) bond motifs is 1. The maximum atomic E-state index is 13.9. The number of hydrogen-bond donors (Lipinski definition) is 2. The van der Waals surface area contributed by atoms with Gasteiger partial charge in [-0.3, -0.25) is 4.68 Å². The zero-order chi connectivity index (χ0) is 21.5. The van der Waals surface area contributed by atoms with E-state index in [1.54, 1.807) is 23.0 Å². The smallest absolute Gasteiger partial charge is 0.196 e. The van der Waals surface area contributed by atoms with E-state index in [1.807, 2.05) is 37.5 Å². The van der Waals surface area contributed by atoms with E-state index in [9.17, 15) is 4.39 Å². The molecule has 0 aliphatic carbocycles. The fourth-order valence-corrected chi connectivity index (χ4v) is 3.26. The number of guanidine groups is 1. The van der Waals surface area contributed by atoms with E-state index in [2.05, 4.69) is 20.7 Å². The molecule has 2 aromatic carbocycles. The number of anilines is 1. The van der Waals surface area contributed by atoms with Crippen molar-refractivity contribution in [2.75, 3.05) is 25.1 Å². The second-order valence-electron chi connectivity index (χ2n) is 7.29. The van der Waals surface area contributed by atoms with Gasteiger partial charge in [0.15, 0.2) is 17.5 Å². The lowest BCUT2D eigenvalue weighted by Gasteiger charge is -2.15. The van der Waals surface area contributed by atoms with Crippen LogP contribution in [-0.2, 0) is 20.0 Å². The van der Waals surface area contributed by atoms with Gasteiger partial charge in [0.05, 0.1) is 26.0 Å². The second kappa shape index (κ2) is 11.7. The van der Waals surface area contributed by atoms with Gasteiger partial charge in [-0.15, -0.1) is 24.0 Å². The summed E-state index contributed by atoms with van der Waals surface area (Å²) < 4.78 is 27.1. The van der Waals surface area contributed by atoms with Gasteiger partial charge in [0.1, 0.15) is 5.82 Å². The van der Waals surface area contributed by atoms with Crippen LogP contribution in [-0.4, -0.2) is 35.5 Å². The van der Waals surface area contributed by atoms with Gasteiger partial charge in [-0.2, -0.15) is 5.10 Å². The summed E-state index contributed by atoms with van der Waals surface area (Å²) in [5, 5.41) is 10.8. The largest absolute Gasteiger partial charge is 0.490 e. The Bertz CT molecular complexity index is 1060. The molecule has 9 heteroatoms. The first-order chi connectivity index (χ1) is 15.2. The molecule has 2 heterocycles. The standard InChI is InChI=1S/C23H26FN5O2.HI/c1-29-16-17(15-27-29)14-26-23(25-10-9-18-5-2-3-6-20(18)24)28-19-7-8-21-22(13-19)31-12-4-11-30-21;/h2-3,5-8,13,15-16H,4,9-12,14H2,1H3,(H2,25,26,28);1H. The molecule has 1 aliphatic rings. The highest BCUT2D eigenvalue weighted by molar-refractivity contribution is 14.0. The molecular weight excluding hydrogens is 524 g/mol. The van der Waals surface area contributed by atoms with Crippen LogP contribution >= 0.6 is 24.0 Å². The maximum Gasteiger partial charge on any atom is 0.196 e. The van der Waals surface area contributed by atoms with Crippen molar-refractivity contribution in [3.8, 4) is 11.5 Å². The van der Waals surface area contributed by atoms with Crippen molar-refractivity contribution in [3.05, 3.63) is 71.8 Å². The Morgan fingerprint density at radius 1 is 1.16 bits per heavy atom. The maximum absolute atomic E-state index is 13.9. The van der Waals surface area contributed by atoms with Gasteiger partial charge in [-0.25, -0.2) is 9.38 Å². The highest BCUT2D eigenvalue weighted by Crippen LogP contribution is 2.32. The fraction of sp³-hybridized carbons (Fsp3) is 0.304. The highest BCUT2D eigenvalue weighted by atomic mass is 127. The number of aromatic nitrogens is 2. The minimum atomic E-state index is -0.200. The third-order valence-electron chi connectivity index (χ3n) is 4.83. The van der Waals surface area contributed by atoms with Crippen LogP contribution in [0.2, 0.25) is 0 Å². The zero-order valence-corrected chi connectivity index (χ0v) is 20.2. The predicted octanol–water partition coefficient (Wildman–Crippen LogP) is 4.14. The van der Waals surface area contributed by atoms with E-state index in [0.29, 0.717) is 50.0 Å². The van der Waals surface area contributed by atoms with E-state index in [1.165, 1.54) is 6.07 Å². The Balaban J connectivity index is 0.00000289. The molecule has 170 valence electrons. The van der Waals surface area contributed by atoms with Gasteiger partial charge in [0, 0.05) is 43.5 Å². The summed E-state index contributed by atoms with van der Waals surface area (Å²) in [5.41, 5.74) is 2.49. The molecule has 0 bridgehead atoms. The van der Waals surface area contributed by atoms with Crippen LogP contribution in [0, 0.1) is 5.82 Å². The van der Waals surface area contributed by atoms with Gasteiger partial charge < -0.3 is 20.1 Å². The van der Waals surface area contributed by atoms with Crippen molar-refractivity contribution in [1.29, 1.82) is 0 Å². The Kier molecular flexibility index (Phi) is 8.72. The molecule has 7 nitrogen and oxygen atoms in total. The lowest BCUT2D eigenvalue weighted by molar-refractivity contribution is 0.297. The number of halogens is 2. The summed E-state index contributed by atoms with van der Waals surface area (Å²) in [4.78, 5) is 4.66. The van der Waals surface area contributed by atoms with Crippen molar-refractivity contribution >= 4 is 35.6 Å². The molecule has 2 N–H and O–H groups in total. The molecule has 4 rings (SSSR count). The molecule has 3 aromatic rings. The van der Waals surface area contributed by atoms with Gasteiger partial charge >= 0.3 is 0 Å². The molecular formula is C23H27FIN5O2. The van der Waals surface area contributed by atoms with Crippen LogP contribution < -0.4 is 20.1 Å². The lowest BCUT2D eigenvalue weighted by atomic mass is 10.1. The number of nitrogens with zero attached hydrogens (tertiary/aromatic N) is 3. The first kappa shape index (κ1) is 23.8. The molecule has 0 spiro atoms. The average Bonchev–Trinajstić information content (AvgIpc) is 3.04. The van der Waals surface area contributed by atoms with Crippen molar-refractivity contribution in [2.24, 2.45) is 12.0 Å². The summed E-state index contributed by atoms with van der Waals surface area (Å²) in [5.74, 6) is 1.84. The number of benzene rings is 2. The van der Waals surface area contributed by atoms with E-state index in [4.69, 9.17) is 9.47 Å². The molecule has 0 saturated carbocycles. The van der Waals surface area contributed by atoms with Crippen molar-refractivity contribution in [1.82, 2.24) is 15.1 Å². The third-order valence-corrected chi connectivity index (χ3v) is 4.83. The second-order valence-corrected chi connectivity index (χ2v) is 7.29. The summed E-state index contributed by atoms with van der Waals surface area (Å²) in [6.45, 7) is 2.27. The summed E-state index contributed by atoms with van der Waals surface area (Å²) in [6.07, 6.45) is 5.11. The Labute approximate surface area is 204 Å². The van der Waals surface area contributed by atoms with E-state index in [0.717, 1.165) is 23.4 Å². The SMILES string of the molecule is Cn1cc(CN=C(NCCc2ccccc2F)Nc2ccc3c(c2)OCCCO3)cn1.I. The van der Waals surface area contributed by atoms with Gasteiger partial charge in [0.25, 0.3) is 0 Å². The molecule has 0 fully saturated rings. The number of nitrogens with one attached hydrogen (secondary N) is 2. The lowest BCUT2D eigenvalue weighted by Crippen LogP contribution is -2.32. The number of hydrogen-bond acceptors (Lipinski definition) is 4. The summed E-state index contributed by atoms with van der Waals surface area (Å²) in [7, 11) is 1.87. The Morgan fingerprint density at radius 3 is 2.75 bits per heavy atom. The van der Waals surface area contributed by atoms with E-state index in [-0.39, 0.29) is 29.8 Å². The molecule has 0 saturated heterocycles. The van der Waals surface area contributed by atoms with Crippen LogP contribution in [0.15, 0.2) is 59.9 Å². The number of aliphatic imine (C=N–C) groups is 1. The predicted molar refractivity (Wildman–Crippen MR) is 134 cm³/mol. The van der Waals surface area contributed by atoms with Crippen LogP contribution in [0.25, 0.3) is 0 Å². The highest BCUT2D eigenvalue weighted by Gasteiger charge is 2.12. The molecule has 1 aliphatic heterocycles. The Hall–Kier alpha value is -2.82. The first-order valence-electron chi connectivity index (χ1n) is 10.3. The zero-order valence-electron chi connectivity index (χ0n) is 17.9. The summed E-state index contributed by atoms with van der Waals surface area (Å²) in [6, 6.07) is 12.5. The van der Waals surface area contributed by atoms with Crippen LogP contribution in [0.1, 0.15) is 17.5 Å². The molecule has 1 aromatic heterocycles. The molecule has 32 heavy (non-hydrogen) atoms. The van der Waals surface area contributed by atoms with E-state index < -0.39 is 0 Å². The van der Waals surface area contributed by atoms with Crippen LogP contribution in [0.3, 0.4) is 0 Å². The monoisotopic (exact) mass is 551 g/mol. The topological polar surface area (TPSA) is 72.7 Å². The van der Waals surface area contributed by atoms with Crippen LogP contribution in [0.4, 0.5) is 10.1 Å². The minimum absolute atomic E-state index is 0. The normalized spacial score (nSPS) is 13.1. The Morgan fingerprint density at radius 2 is 1.97 bits per heavy atom. The molecule has 0 unspecified atom stereocenters. The molecule has 0 amide bonds. The van der Waals surface area contributed by atoms with Crippen molar-refractivity contribution < 1.29 is 13.9 Å². The van der Waals surface area contributed by atoms with Crippen molar-refractivity contribution in [3.63, 3.8) is 0 Å². The van der Waals surface area contributed by atoms with Crippen LogP contribution in [0.5, 0.6) is 11.5 Å². The molecule has 0 atom stereocenters. The average molecular weight is 551 g/mol. The number of aryl methyl sites for hydroxylation is 1. The van der Waals surface area contributed by atoms with Crippen molar-refractivity contribution in [2.45, 2.75) is 19.4 Å². The fourth-order valence-electron chi connectivity index (χ4n) is 3.26. The van der Waals surface area contributed by atoms with Gasteiger partial charge in [-0.05, 0) is 30.2 Å². The number of ether oxygens (including phenoxy) is 2. The third kappa shape index (κ3) is 6.59. The van der Waals surface area contributed by atoms with Gasteiger partial charge in [0.2, 0.25) is 0 Å². The first-order valence-corrected chi connectivity index (χ1v) is 10.3. The quantitative estimate of drug-likeness (QED) is 0.274. The van der Waals surface area contributed by atoms with E-state index >= 15 is 0 Å². The van der Waals surface area contributed by atoms with Gasteiger partial charge in [-0.1, -0.05) is 18.2 Å².